The van der Waals surface area contributed by atoms with Crippen LogP contribution in [0.1, 0.15) is 38.8 Å². The van der Waals surface area contributed by atoms with E-state index in [-0.39, 0.29) is 30.7 Å². The fourth-order valence-corrected chi connectivity index (χ4v) is 4.07. The average Bonchev–Trinajstić information content (AvgIpc) is 3.06. The van der Waals surface area contributed by atoms with Gasteiger partial charge in [0.25, 0.3) is 5.91 Å². The van der Waals surface area contributed by atoms with Crippen LogP contribution >= 0.6 is 0 Å². The van der Waals surface area contributed by atoms with Crippen molar-refractivity contribution in [3.63, 3.8) is 0 Å². The van der Waals surface area contributed by atoms with Crippen molar-refractivity contribution in [3.8, 4) is 5.75 Å². The van der Waals surface area contributed by atoms with Crippen molar-refractivity contribution in [2.75, 3.05) is 26.7 Å². The van der Waals surface area contributed by atoms with Gasteiger partial charge >= 0.3 is 0 Å². The Hall–Kier alpha value is -4.04. The first kappa shape index (κ1) is 25.1. The van der Waals surface area contributed by atoms with Gasteiger partial charge in [-0.15, -0.1) is 0 Å². The van der Waals surface area contributed by atoms with Crippen molar-refractivity contribution in [1.29, 1.82) is 0 Å². The lowest BCUT2D eigenvalue weighted by Crippen LogP contribution is -2.39. The number of benzene rings is 2. The van der Waals surface area contributed by atoms with E-state index in [9.17, 15) is 14.4 Å². The molecule has 0 aliphatic carbocycles. The molecule has 0 unspecified atom stereocenters. The van der Waals surface area contributed by atoms with E-state index in [2.05, 4.69) is 4.98 Å². The molecule has 2 amide bonds. The molecule has 1 saturated heterocycles. The number of aromatic nitrogens is 1. The van der Waals surface area contributed by atoms with E-state index in [0.29, 0.717) is 30.8 Å². The number of rotatable bonds is 8. The number of hydrogen-bond donors (Lipinski definition) is 0. The number of Topliss-reactive ketones (excluding diaryl/α,β-unsaturated/α-hetero) is 1. The van der Waals surface area contributed by atoms with Gasteiger partial charge in [0.05, 0.1) is 19.8 Å². The first-order valence-corrected chi connectivity index (χ1v) is 11.7. The summed E-state index contributed by atoms with van der Waals surface area (Å²) in [6, 6.07) is 17.8. The number of pyridine rings is 1. The third kappa shape index (κ3) is 6.34. The summed E-state index contributed by atoms with van der Waals surface area (Å²) in [5.74, 6) is 0.231. The summed E-state index contributed by atoms with van der Waals surface area (Å²) in [5.41, 5.74) is 2.81. The van der Waals surface area contributed by atoms with Crippen LogP contribution in [-0.2, 0) is 22.7 Å². The lowest BCUT2D eigenvalue weighted by atomic mass is 10.1. The zero-order valence-electron chi connectivity index (χ0n) is 20.4. The molecule has 36 heavy (non-hydrogen) atoms. The Bertz CT molecular complexity index is 1200. The van der Waals surface area contributed by atoms with Crippen LogP contribution in [0.5, 0.6) is 5.75 Å². The van der Waals surface area contributed by atoms with Crippen molar-refractivity contribution in [3.05, 3.63) is 95.3 Å². The second kappa shape index (κ2) is 11.6. The molecule has 186 valence electrons. The third-order valence-corrected chi connectivity index (χ3v) is 6.09. The summed E-state index contributed by atoms with van der Waals surface area (Å²) in [6.07, 6.45) is 3.04. The predicted octanol–water partition coefficient (Wildman–Crippen LogP) is 3.36. The zero-order valence-corrected chi connectivity index (χ0v) is 20.4. The highest BCUT2D eigenvalue weighted by Gasteiger charge is 2.31. The number of carbonyl (C=O) groups excluding carboxylic acids is 3. The fraction of sp³-hybridized carbons (Fsp3) is 0.286. The highest BCUT2D eigenvalue weighted by molar-refractivity contribution is 5.99. The lowest BCUT2D eigenvalue weighted by Gasteiger charge is -2.25. The summed E-state index contributed by atoms with van der Waals surface area (Å²) in [4.78, 5) is 45.5. The van der Waals surface area contributed by atoms with Gasteiger partial charge in [0.2, 0.25) is 5.91 Å². The molecule has 4 rings (SSSR count). The highest BCUT2D eigenvalue weighted by Crippen LogP contribution is 2.18. The molecule has 3 aromatic rings. The number of ether oxygens (including phenoxy) is 2. The second-order valence-corrected chi connectivity index (χ2v) is 8.74. The molecular weight excluding hydrogens is 458 g/mol. The number of hydrogen-bond acceptors (Lipinski definition) is 6. The monoisotopic (exact) mass is 487 g/mol. The van der Waals surface area contributed by atoms with Gasteiger partial charge in [0.1, 0.15) is 12.3 Å². The molecular formula is C28H29N3O5. The van der Waals surface area contributed by atoms with Crippen molar-refractivity contribution in [1.82, 2.24) is 14.8 Å². The van der Waals surface area contributed by atoms with Crippen LogP contribution in [0.2, 0.25) is 0 Å². The maximum absolute atomic E-state index is 13.3. The van der Waals surface area contributed by atoms with Gasteiger partial charge < -0.3 is 19.3 Å². The van der Waals surface area contributed by atoms with Crippen molar-refractivity contribution < 1.29 is 23.9 Å². The van der Waals surface area contributed by atoms with Crippen LogP contribution in [0.25, 0.3) is 0 Å². The number of nitrogens with zero attached hydrogens (tertiary/aromatic N) is 3. The fourth-order valence-electron chi connectivity index (χ4n) is 4.07. The summed E-state index contributed by atoms with van der Waals surface area (Å²) in [6.45, 7) is 2.74. The topological polar surface area (TPSA) is 89.0 Å². The quantitative estimate of drug-likeness (QED) is 0.453. The van der Waals surface area contributed by atoms with E-state index in [0.717, 1.165) is 16.9 Å². The summed E-state index contributed by atoms with van der Waals surface area (Å²) in [5, 5.41) is 0. The molecule has 0 saturated carbocycles. The third-order valence-electron chi connectivity index (χ3n) is 6.09. The van der Waals surface area contributed by atoms with Gasteiger partial charge in [0.15, 0.2) is 5.78 Å². The molecule has 2 heterocycles. The lowest BCUT2D eigenvalue weighted by molar-refractivity contribution is -0.132. The minimum absolute atomic E-state index is 0.0593. The Labute approximate surface area is 210 Å². The van der Waals surface area contributed by atoms with Gasteiger partial charge in [-0.05, 0) is 48.4 Å². The minimum atomic E-state index is -0.393. The van der Waals surface area contributed by atoms with Gasteiger partial charge in [0, 0.05) is 43.2 Å². The highest BCUT2D eigenvalue weighted by atomic mass is 16.5. The first-order chi connectivity index (χ1) is 17.4. The molecule has 0 spiro atoms. The molecule has 2 aromatic carbocycles. The second-order valence-electron chi connectivity index (χ2n) is 8.74. The molecule has 0 radical (unpaired) electrons. The molecule has 1 aliphatic heterocycles. The Morgan fingerprint density at radius 2 is 1.69 bits per heavy atom. The molecule has 1 atom stereocenters. The average molecular weight is 488 g/mol. The van der Waals surface area contributed by atoms with Crippen molar-refractivity contribution in [2.45, 2.75) is 26.2 Å². The Balaban J connectivity index is 1.53. The van der Waals surface area contributed by atoms with Crippen LogP contribution in [0, 0.1) is 0 Å². The van der Waals surface area contributed by atoms with Crippen molar-refractivity contribution >= 4 is 17.6 Å². The standard InChI is InChI=1S/C28H29N3O5/c1-20(32)23-7-9-24(10-8-23)28(34)31-17-26(36-19-22-4-3-13-29-14-22)16-30(27(33)18-31)15-21-5-11-25(35-2)12-6-21/h3-14,26H,15-19H2,1-2H3/t26-/m0/s1. The van der Waals surface area contributed by atoms with E-state index >= 15 is 0 Å². The van der Waals surface area contributed by atoms with Gasteiger partial charge in [-0.25, -0.2) is 0 Å². The van der Waals surface area contributed by atoms with Crippen LogP contribution in [-0.4, -0.2) is 65.2 Å². The van der Waals surface area contributed by atoms with E-state index in [1.165, 1.54) is 11.8 Å². The van der Waals surface area contributed by atoms with Crippen LogP contribution in [0.15, 0.2) is 73.1 Å². The summed E-state index contributed by atoms with van der Waals surface area (Å²) in [7, 11) is 1.61. The zero-order chi connectivity index (χ0) is 25.5. The molecule has 0 bridgehead atoms. The summed E-state index contributed by atoms with van der Waals surface area (Å²) < 4.78 is 11.4. The minimum Gasteiger partial charge on any atom is -0.497 e. The van der Waals surface area contributed by atoms with E-state index in [1.807, 2.05) is 36.4 Å². The summed E-state index contributed by atoms with van der Waals surface area (Å²) >= 11 is 0. The predicted molar refractivity (Wildman–Crippen MR) is 134 cm³/mol. The number of methoxy groups -OCH3 is 1. The van der Waals surface area contributed by atoms with E-state index < -0.39 is 6.10 Å². The smallest absolute Gasteiger partial charge is 0.254 e. The SMILES string of the molecule is COc1ccc(CN2C[C@H](OCc3cccnc3)CN(C(=O)c3ccc(C(C)=O)cc3)CC2=O)cc1. The number of ketones is 1. The largest absolute Gasteiger partial charge is 0.497 e. The maximum Gasteiger partial charge on any atom is 0.254 e. The van der Waals surface area contributed by atoms with Crippen LogP contribution in [0.4, 0.5) is 0 Å². The Morgan fingerprint density at radius 3 is 2.33 bits per heavy atom. The molecule has 1 aliphatic rings. The first-order valence-electron chi connectivity index (χ1n) is 11.7. The molecule has 0 N–H and O–H groups in total. The van der Waals surface area contributed by atoms with Crippen LogP contribution < -0.4 is 4.74 Å². The maximum atomic E-state index is 13.3. The molecule has 1 aromatic heterocycles. The molecule has 8 nitrogen and oxygen atoms in total. The molecule has 8 heteroatoms. The van der Waals surface area contributed by atoms with E-state index in [1.54, 1.807) is 48.7 Å². The van der Waals surface area contributed by atoms with Gasteiger partial charge in [-0.3, -0.25) is 19.4 Å². The van der Waals surface area contributed by atoms with Gasteiger partial charge in [-0.2, -0.15) is 0 Å². The van der Waals surface area contributed by atoms with Crippen LogP contribution in [0.3, 0.4) is 0 Å². The normalized spacial score (nSPS) is 15.9. The van der Waals surface area contributed by atoms with Crippen molar-refractivity contribution in [2.24, 2.45) is 0 Å². The van der Waals surface area contributed by atoms with Gasteiger partial charge in [-0.1, -0.05) is 30.3 Å². The molecule has 1 fully saturated rings. The number of carbonyl (C=O) groups is 3. The Kier molecular flexibility index (Phi) is 8.07. The number of amides is 2. The van der Waals surface area contributed by atoms with E-state index in [4.69, 9.17) is 9.47 Å². The Morgan fingerprint density at radius 1 is 0.972 bits per heavy atom.